The third kappa shape index (κ3) is 2.62. The molecule has 3 atom stereocenters. The molecular weight excluding hydrogens is 288 g/mol. The van der Waals surface area contributed by atoms with Gasteiger partial charge in [0, 0.05) is 5.41 Å². The van der Waals surface area contributed by atoms with Crippen molar-refractivity contribution < 1.29 is 14.3 Å². The van der Waals surface area contributed by atoms with E-state index in [2.05, 4.69) is 19.7 Å². The van der Waals surface area contributed by atoms with Crippen molar-refractivity contribution in [1.29, 1.82) is 0 Å². The molecule has 0 aromatic heterocycles. The van der Waals surface area contributed by atoms with E-state index < -0.39 is 16.8 Å². The first kappa shape index (κ1) is 17.5. The lowest BCUT2D eigenvalue weighted by Gasteiger charge is -2.39. The molecule has 0 N–H and O–H groups in total. The Hall–Kier alpha value is -1.90. The summed E-state index contributed by atoms with van der Waals surface area (Å²) in [6, 6.07) is 0. The molecule has 0 aromatic carbocycles. The summed E-state index contributed by atoms with van der Waals surface area (Å²) in [6.45, 7) is 11.7. The summed E-state index contributed by atoms with van der Waals surface area (Å²) in [6.07, 6.45) is 12.3. The molecule has 0 heterocycles. The van der Waals surface area contributed by atoms with Crippen LogP contribution in [0.2, 0.25) is 0 Å². The van der Waals surface area contributed by atoms with Gasteiger partial charge in [0.15, 0.2) is 5.78 Å². The predicted molar refractivity (Wildman–Crippen MR) is 91.7 cm³/mol. The number of ether oxygens (including phenoxy) is 1. The number of rotatable bonds is 7. The summed E-state index contributed by atoms with van der Waals surface area (Å²) in [4.78, 5) is 26.1. The van der Waals surface area contributed by atoms with Crippen molar-refractivity contribution in [1.82, 2.24) is 0 Å². The van der Waals surface area contributed by atoms with Gasteiger partial charge in [-0.3, -0.25) is 9.59 Å². The summed E-state index contributed by atoms with van der Waals surface area (Å²) in [5, 5.41) is 0. The van der Waals surface area contributed by atoms with Gasteiger partial charge < -0.3 is 4.74 Å². The minimum Gasteiger partial charge on any atom is -0.468 e. The molecular formula is C20H26O3. The lowest BCUT2D eigenvalue weighted by Crippen LogP contribution is -2.49. The van der Waals surface area contributed by atoms with Crippen molar-refractivity contribution in [2.45, 2.75) is 32.1 Å². The van der Waals surface area contributed by atoms with Crippen LogP contribution >= 0.6 is 0 Å². The molecule has 2 aliphatic rings. The molecule has 0 aliphatic heterocycles. The zero-order valence-electron chi connectivity index (χ0n) is 13.9. The maximum absolute atomic E-state index is 13.6. The summed E-state index contributed by atoms with van der Waals surface area (Å²) in [5.41, 5.74) is -1.72. The van der Waals surface area contributed by atoms with Gasteiger partial charge in [-0.25, -0.2) is 0 Å². The van der Waals surface area contributed by atoms with Crippen LogP contribution < -0.4 is 0 Å². The van der Waals surface area contributed by atoms with E-state index in [4.69, 9.17) is 4.74 Å². The van der Waals surface area contributed by atoms with Crippen molar-refractivity contribution >= 4 is 11.8 Å². The van der Waals surface area contributed by atoms with Crippen LogP contribution in [-0.4, -0.2) is 18.9 Å². The minimum atomic E-state index is -1.09. The topological polar surface area (TPSA) is 43.4 Å². The van der Waals surface area contributed by atoms with Crippen molar-refractivity contribution in [3.05, 3.63) is 50.1 Å². The Morgan fingerprint density at radius 2 is 1.87 bits per heavy atom. The number of carbonyl (C=O) groups excluding carboxylic acids is 2. The molecule has 3 nitrogen and oxygen atoms in total. The maximum Gasteiger partial charge on any atom is 0.320 e. The second-order valence-electron chi connectivity index (χ2n) is 6.71. The SMILES string of the molecule is C=CC[C@]1(C(=O)C2(C(=O)OC)CC=CC2)C[C@@H](C=C)C[C@H]1C=C. The van der Waals surface area contributed by atoms with Crippen LogP contribution in [0.1, 0.15) is 32.1 Å². The summed E-state index contributed by atoms with van der Waals surface area (Å²) < 4.78 is 4.99. The molecule has 124 valence electrons. The number of hydrogen-bond donors (Lipinski definition) is 0. The Morgan fingerprint density at radius 3 is 2.35 bits per heavy atom. The number of hydrogen-bond acceptors (Lipinski definition) is 3. The highest BCUT2D eigenvalue weighted by molar-refractivity contribution is 6.07. The molecule has 0 spiro atoms. The van der Waals surface area contributed by atoms with Gasteiger partial charge in [-0.1, -0.05) is 30.4 Å². The fraction of sp³-hybridized carbons (Fsp3) is 0.500. The molecule has 2 rings (SSSR count). The Morgan fingerprint density at radius 1 is 1.22 bits per heavy atom. The lowest BCUT2D eigenvalue weighted by atomic mass is 9.62. The van der Waals surface area contributed by atoms with E-state index in [9.17, 15) is 9.59 Å². The van der Waals surface area contributed by atoms with Crippen LogP contribution in [0.4, 0.5) is 0 Å². The van der Waals surface area contributed by atoms with E-state index in [-0.39, 0.29) is 17.6 Å². The summed E-state index contributed by atoms with van der Waals surface area (Å²) >= 11 is 0. The maximum atomic E-state index is 13.6. The van der Waals surface area contributed by atoms with Crippen molar-refractivity contribution in [2.75, 3.05) is 7.11 Å². The van der Waals surface area contributed by atoms with Crippen molar-refractivity contribution in [3.63, 3.8) is 0 Å². The van der Waals surface area contributed by atoms with Crippen molar-refractivity contribution in [3.8, 4) is 0 Å². The van der Waals surface area contributed by atoms with Crippen LogP contribution in [-0.2, 0) is 14.3 Å². The van der Waals surface area contributed by atoms with Crippen LogP contribution in [0.5, 0.6) is 0 Å². The second kappa shape index (κ2) is 6.69. The second-order valence-corrected chi connectivity index (χ2v) is 6.71. The number of carbonyl (C=O) groups is 2. The van der Waals surface area contributed by atoms with Gasteiger partial charge in [0.1, 0.15) is 5.41 Å². The smallest absolute Gasteiger partial charge is 0.320 e. The number of Topliss-reactive ketones (excluding diaryl/α,β-unsaturated/α-hetero) is 1. The van der Waals surface area contributed by atoms with E-state index in [1.165, 1.54) is 7.11 Å². The molecule has 2 aliphatic carbocycles. The van der Waals surface area contributed by atoms with Gasteiger partial charge in [0.25, 0.3) is 0 Å². The van der Waals surface area contributed by atoms with Gasteiger partial charge in [-0.15, -0.1) is 19.7 Å². The molecule has 0 radical (unpaired) electrons. The van der Waals surface area contributed by atoms with Crippen molar-refractivity contribution in [2.24, 2.45) is 22.7 Å². The average Bonchev–Trinajstić information content (AvgIpc) is 3.19. The molecule has 3 heteroatoms. The quantitative estimate of drug-likeness (QED) is 0.405. The van der Waals surface area contributed by atoms with Gasteiger partial charge in [0.05, 0.1) is 7.11 Å². The minimum absolute atomic E-state index is 0.0176. The third-order valence-corrected chi connectivity index (χ3v) is 5.58. The van der Waals surface area contributed by atoms with Gasteiger partial charge >= 0.3 is 5.97 Å². The predicted octanol–water partition coefficient (Wildman–Crippen LogP) is 4.03. The van der Waals surface area contributed by atoms with E-state index in [0.717, 1.165) is 6.42 Å². The van der Waals surface area contributed by atoms with Crippen LogP contribution in [0, 0.1) is 22.7 Å². The first-order chi connectivity index (χ1) is 11.0. The highest BCUT2D eigenvalue weighted by atomic mass is 16.5. The zero-order chi connectivity index (χ0) is 17.1. The number of esters is 1. The Kier molecular flexibility index (Phi) is 5.08. The number of methoxy groups -OCH3 is 1. The van der Waals surface area contributed by atoms with Crippen LogP contribution in [0.25, 0.3) is 0 Å². The highest BCUT2D eigenvalue weighted by Gasteiger charge is 2.59. The zero-order valence-corrected chi connectivity index (χ0v) is 13.9. The summed E-state index contributed by atoms with van der Waals surface area (Å²) in [5.74, 6) is -0.166. The fourth-order valence-electron chi connectivity index (χ4n) is 4.37. The Bertz CT molecular complexity index is 549. The molecule has 0 amide bonds. The number of ketones is 1. The largest absolute Gasteiger partial charge is 0.468 e. The molecule has 23 heavy (non-hydrogen) atoms. The monoisotopic (exact) mass is 314 g/mol. The molecule has 0 unspecified atom stereocenters. The molecule has 0 saturated heterocycles. The third-order valence-electron chi connectivity index (χ3n) is 5.58. The Labute approximate surface area is 138 Å². The molecule has 0 bridgehead atoms. The van der Waals surface area contributed by atoms with E-state index in [0.29, 0.717) is 25.7 Å². The highest BCUT2D eigenvalue weighted by Crippen LogP contribution is 2.55. The number of allylic oxidation sites excluding steroid dienone is 5. The van der Waals surface area contributed by atoms with E-state index in [1.807, 2.05) is 24.3 Å². The van der Waals surface area contributed by atoms with Crippen LogP contribution in [0.15, 0.2) is 50.1 Å². The molecule has 1 fully saturated rings. The Balaban J connectivity index is 2.49. The van der Waals surface area contributed by atoms with E-state index >= 15 is 0 Å². The van der Waals surface area contributed by atoms with Gasteiger partial charge in [-0.2, -0.15) is 0 Å². The lowest BCUT2D eigenvalue weighted by molar-refractivity contribution is -0.162. The van der Waals surface area contributed by atoms with E-state index in [1.54, 1.807) is 6.08 Å². The average molecular weight is 314 g/mol. The molecule has 0 aromatic rings. The van der Waals surface area contributed by atoms with Crippen LogP contribution in [0.3, 0.4) is 0 Å². The van der Waals surface area contributed by atoms with Gasteiger partial charge in [0.2, 0.25) is 0 Å². The summed E-state index contributed by atoms with van der Waals surface area (Å²) in [7, 11) is 1.35. The molecule has 1 saturated carbocycles. The standard InChI is InChI=1S/C20H26O3/c1-5-10-20(14-15(6-2)13-16(20)7-3)17(21)19(18(22)23-4)11-8-9-12-19/h5-9,15-16H,1-3,10-14H2,4H3/t15-,16+,20-/m0/s1. The fourth-order valence-corrected chi connectivity index (χ4v) is 4.37. The van der Waals surface area contributed by atoms with Gasteiger partial charge in [-0.05, 0) is 43.9 Å². The normalized spacial score (nSPS) is 31.5. The first-order valence-corrected chi connectivity index (χ1v) is 8.15. The first-order valence-electron chi connectivity index (χ1n) is 8.15.